The maximum Gasteiger partial charge on any atom is 0.350 e. The van der Waals surface area contributed by atoms with E-state index in [1.807, 2.05) is 6.92 Å². The Kier molecular flexibility index (Phi) is 7.68. The Labute approximate surface area is 217 Å². The van der Waals surface area contributed by atoms with E-state index in [0.717, 1.165) is 22.7 Å². The van der Waals surface area contributed by atoms with Crippen LogP contribution in [0.3, 0.4) is 0 Å². The topological polar surface area (TPSA) is 106 Å². The van der Waals surface area contributed by atoms with Crippen LogP contribution in [-0.4, -0.2) is 41.0 Å². The van der Waals surface area contributed by atoms with E-state index in [1.54, 1.807) is 38.1 Å². The highest BCUT2D eigenvalue weighted by Crippen LogP contribution is 2.44. The number of hydrogen-bond donors (Lipinski definition) is 1. The van der Waals surface area contributed by atoms with Crippen molar-refractivity contribution < 1.29 is 33.4 Å². The molecule has 1 aliphatic rings. The number of amides is 1. The fraction of sp³-hybridized carbons (Fsp3) is 0.259. The lowest BCUT2D eigenvalue weighted by atomic mass is 9.95. The molecule has 1 saturated heterocycles. The number of Topliss-reactive ketones (excluding diaryl/α,β-unsaturated/α-hetero) is 1. The van der Waals surface area contributed by atoms with E-state index in [9.17, 15) is 23.9 Å². The third kappa shape index (κ3) is 5.10. The van der Waals surface area contributed by atoms with Crippen molar-refractivity contribution in [1.82, 2.24) is 4.98 Å². The van der Waals surface area contributed by atoms with Crippen LogP contribution in [0.15, 0.2) is 54.1 Å². The lowest BCUT2D eigenvalue weighted by molar-refractivity contribution is -0.132. The van der Waals surface area contributed by atoms with Gasteiger partial charge < -0.3 is 14.6 Å². The zero-order valence-corrected chi connectivity index (χ0v) is 21.3. The molecular formula is C27H25FN2O6S. The maximum absolute atomic E-state index is 13.7. The molecule has 0 saturated carbocycles. The van der Waals surface area contributed by atoms with Gasteiger partial charge in [-0.1, -0.05) is 30.4 Å². The molecule has 0 bridgehead atoms. The van der Waals surface area contributed by atoms with Crippen molar-refractivity contribution in [2.24, 2.45) is 0 Å². The van der Waals surface area contributed by atoms with Crippen molar-refractivity contribution in [3.8, 4) is 5.75 Å². The van der Waals surface area contributed by atoms with Crippen molar-refractivity contribution in [2.45, 2.75) is 33.2 Å². The number of nitrogens with zero attached hydrogens (tertiary/aromatic N) is 2. The number of ketones is 1. The van der Waals surface area contributed by atoms with E-state index in [1.165, 1.54) is 24.3 Å². The Hall–Kier alpha value is -4.05. The largest absolute Gasteiger partial charge is 0.507 e. The van der Waals surface area contributed by atoms with Gasteiger partial charge in [0.15, 0.2) is 5.13 Å². The number of benzene rings is 2. The number of thiazole rings is 1. The molecule has 2 aromatic carbocycles. The van der Waals surface area contributed by atoms with E-state index in [2.05, 4.69) is 4.98 Å². The Morgan fingerprint density at radius 1 is 1.11 bits per heavy atom. The first-order valence-electron chi connectivity index (χ1n) is 11.7. The minimum Gasteiger partial charge on any atom is -0.507 e. The number of rotatable bonds is 8. The van der Waals surface area contributed by atoms with Gasteiger partial charge in [-0.25, -0.2) is 14.2 Å². The highest BCUT2D eigenvalue weighted by molar-refractivity contribution is 7.17. The Morgan fingerprint density at radius 2 is 1.78 bits per heavy atom. The molecule has 1 N–H and O–H groups in total. The molecular weight excluding hydrogens is 499 g/mol. The number of aromatic nitrogens is 1. The van der Waals surface area contributed by atoms with Crippen LogP contribution >= 0.6 is 11.3 Å². The number of halogens is 1. The van der Waals surface area contributed by atoms with E-state index < -0.39 is 35.3 Å². The van der Waals surface area contributed by atoms with Crippen molar-refractivity contribution in [3.63, 3.8) is 0 Å². The second-order valence-corrected chi connectivity index (χ2v) is 9.20. The second kappa shape index (κ2) is 10.9. The highest BCUT2D eigenvalue weighted by atomic mass is 32.1. The van der Waals surface area contributed by atoms with Crippen LogP contribution in [0.1, 0.15) is 52.8 Å². The first kappa shape index (κ1) is 26.0. The van der Waals surface area contributed by atoms with Crippen molar-refractivity contribution in [1.29, 1.82) is 0 Å². The number of aryl methyl sites for hydroxylation is 1. The molecule has 1 unspecified atom stereocenters. The normalized spacial score (nSPS) is 16.8. The van der Waals surface area contributed by atoms with Crippen molar-refractivity contribution in [3.05, 3.63) is 81.6 Å². The van der Waals surface area contributed by atoms with Gasteiger partial charge in [-0.05, 0) is 62.2 Å². The van der Waals surface area contributed by atoms with Gasteiger partial charge in [-0.15, -0.1) is 0 Å². The molecule has 1 aliphatic heterocycles. The first-order valence-corrected chi connectivity index (χ1v) is 12.5. The molecule has 192 valence electrons. The third-order valence-electron chi connectivity index (χ3n) is 5.68. The van der Waals surface area contributed by atoms with E-state index in [0.29, 0.717) is 29.2 Å². The van der Waals surface area contributed by atoms with Crippen molar-refractivity contribution in [2.75, 3.05) is 18.1 Å². The Balaban J connectivity index is 1.84. The summed E-state index contributed by atoms with van der Waals surface area (Å²) in [7, 11) is 0. The monoisotopic (exact) mass is 524 g/mol. The summed E-state index contributed by atoms with van der Waals surface area (Å²) in [5.41, 5.74) is 0.845. The van der Waals surface area contributed by atoms with Crippen LogP contribution in [0.4, 0.5) is 9.52 Å². The van der Waals surface area contributed by atoms with Gasteiger partial charge in [0.25, 0.3) is 5.78 Å². The molecule has 2 heterocycles. The lowest BCUT2D eigenvalue weighted by Crippen LogP contribution is -2.29. The minimum absolute atomic E-state index is 0.0827. The summed E-state index contributed by atoms with van der Waals surface area (Å²) < 4.78 is 24.4. The second-order valence-electron chi connectivity index (χ2n) is 8.22. The maximum atomic E-state index is 13.7. The summed E-state index contributed by atoms with van der Waals surface area (Å²) >= 11 is 0.904. The SMILES string of the molecule is CCCOc1ccc(C(O)=C2C(=O)C(=O)N(c3nc(C)c(C(=O)OCC)s3)C2c2ccc(F)cc2)cc1. The zero-order valence-electron chi connectivity index (χ0n) is 20.5. The predicted octanol–water partition coefficient (Wildman–Crippen LogP) is 5.18. The smallest absolute Gasteiger partial charge is 0.350 e. The summed E-state index contributed by atoms with van der Waals surface area (Å²) in [4.78, 5) is 44.6. The average Bonchev–Trinajstić information content (AvgIpc) is 3.40. The van der Waals surface area contributed by atoms with Gasteiger partial charge in [0.2, 0.25) is 0 Å². The molecule has 4 rings (SSSR count). The van der Waals surface area contributed by atoms with Crippen LogP contribution in [0, 0.1) is 12.7 Å². The number of carbonyl (C=O) groups excluding carboxylic acids is 3. The fourth-order valence-electron chi connectivity index (χ4n) is 3.95. The third-order valence-corrected chi connectivity index (χ3v) is 6.82. The lowest BCUT2D eigenvalue weighted by Gasteiger charge is -2.23. The Morgan fingerprint density at radius 3 is 2.41 bits per heavy atom. The van der Waals surface area contributed by atoms with Crippen molar-refractivity contribution >= 4 is 39.9 Å². The number of ether oxygens (including phenoxy) is 2. The molecule has 1 atom stereocenters. The highest BCUT2D eigenvalue weighted by Gasteiger charge is 2.48. The number of aliphatic hydroxyl groups excluding tert-OH is 1. The minimum atomic E-state index is -1.10. The summed E-state index contributed by atoms with van der Waals surface area (Å²) in [6, 6.07) is 10.6. The van der Waals surface area contributed by atoms with Crippen LogP contribution in [0.25, 0.3) is 5.76 Å². The summed E-state index contributed by atoms with van der Waals surface area (Å²) in [5.74, 6) is -2.75. The number of carbonyl (C=O) groups is 3. The molecule has 37 heavy (non-hydrogen) atoms. The predicted molar refractivity (Wildman–Crippen MR) is 136 cm³/mol. The van der Waals surface area contributed by atoms with Gasteiger partial charge in [0.1, 0.15) is 22.2 Å². The molecule has 0 radical (unpaired) electrons. The van der Waals surface area contributed by atoms with Gasteiger partial charge in [-0.2, -0.15) is 0 Å². The van der Waals surface area contributed by atoms with Gasteiger partial charge in [0.05, 0.1) is 30.5 Å². The van der Waals surface area contributed by atoms with Crippen LogP contribution in [0.2, 0.25) is 0 Å². The first-order chi connectivity index (χ1) is 17.8. The van der Waals surface area contributed by atoms with E-state index >= 15 is 0 Å². The molecule has 1 fully saturated rings. The zero-order chi connectivity index (χ0) is 26.7. The molecule has 0 spiro atoms. The average molecular weight is 525 g/mol. The van der Waals surface area contributed by atoms with E-state index in [-0.39, 0.29) is 22.2 Å². The van der Waals surface area contributed by atoms with Gasteiger partial charge in [-0.3, -0.25) is 14.5 Å². The van der Waals surface area contributed by atoms with Crippen LogP contribution in [-0.2, 0) is 14.3 Å². The molecule has 1 amide bonds. The molecule has 1 aromatic heterocycles. The quantitative estimate of drug-likeness (QED) is 0.187. The number of anilines is 1. The van der Waals surface area contributed by atoms with Crippen LogP contribution < -0.4 is 9.64 Å². The summed E-state index contributed by atoms with van der Waals surface area (Å²) in [6.45, 7) is 5.94. The number of hydrogen-bond acceptors (Lipinski definition) is 8. The van der Waals surface area contributed by atoms with Gasteiger partial charge in [0, 0.05) is 5.56 Å². The molecule has 8 nitrogen and oxygen atoms in total. The van der Waals surface area contributed by atoms with E-state index in [4.69, 9.17) is 9.47 Å². The molecule has 0 aliphatic carbocycles. The molecule has 10 heteroatoms. The van der Waals surface area contributed by atoms with Crippen LogP contribution in [0.5, 0.6) is 5.75 Å². The number of esters is 1. The standard InChI is InChI=1S/C27H25FN2O6S/c1-4-14-36-19-12-8-17(9-13-19)22(31)20-21(16-6-10-18(28)11-7-16)30(25(33)23(20)32)27-29-15(3)24(37-27)26(34)35-5-2/h6-13,21,31H,4-5,14H2,1-3H3. The number of aliphatic hydroxyl groups is 1. The Bertz CT molecular complexity index is 1360. The summed E-state index contributed by atoms with van der Waals surface area (Å²) in [6.07, 6.45) is 0.830. The summed E-state index contributed by atoms with van der Waals surface area (Å²) in [5, 5.41) is 11.3. The van der Waals surface area contributed by atoms with Gasteiger partial charge >= 0.3 is 11.9 Å². The fourth-order valence-corrected chi connectivity index (χ4v) is 4.93. The molecule has 3 aromatic rings.